The topological polar surface area (TPSA) is 77.3 Å². The molecule has 4 unspecified atom stereocenters. The average molecular weight is 333 g/mol. The van der Waals surface area contributed by atoms with Crippen molar-refractivity contribution in [1.82, 2.24) is 0 Å². The predicted octanol–water partition coefficient (Wildman–Crippen LogP) is 2.34. The first-order valence-corrected chi connectivity index (χ1v) is 8.44. The number of hydrogen-bond donors (Lipinski definition) is 0. The zero-order valence-electron chi connectivity index (χ0n) is 11.5. The minimum atomic E-state index is -1.41. The molecule has 0 N–H and O–H groups in total. The molecule has 2 fully saturated rings. The fourth-order valence-corrected chi connectivity index (χ4v) is 6.69. The van der Waals surface area contributed by atoms with Gasteiger partial charge >= 0.3 is 4.87 Å². The van der Waals surface area contributed by atoms with E-state index in [2.05, 4.69) is 0 Å². The van der Waals surface area contributed by atoms with Gasteiger partial charge in [-0.2, -0.15) is 0 Å². The molecule has 4 rings (SSSR count). The van der Waals surface area contributed by atoms with Crippen LogP contribution < -0.4 is 0 Å². The van der Waals surface area contributed by atoms with Crippen molar-refractivity contribution < 1.29 is 14.5 Å². The van der Waals surface area contributed by atoms with Crippen molar-refractivity contribution in [1.29, 1.82) is 0 Å². The molecule has 0 saturated carbocycles. The average Bonchev–Trinajstić information content (AvgIpc) is 3.37. The molecule has 1 aromatic rings. The van der Waals surface area contributed by atoms with Crippen LogP contribution in [-0.2, 0) is 4.79 Å². The van der Waals surface area contributed by atoms with Gasteiger partial charge < -0.3 is 0 Å². The van der Waals surface area contributed by atoms with E-state index in [1.807, 2.05) is 0 Å². The zero-order chi connectivity index (χ0) is 15.8. The Morgan fingerprint density at radius 1 is 1.23 bits per heavy atom. The van der Waals surface area contributed by atoms with Crippen LogP contribution in [0.3, 0.4) is 0 Å². The molecule has 0 aromatic heterocycles. The fourth-order valence-electron chi connectivity index (χ4n) is 3.26. The van der Waals surface area contributed by atoms with Crippen molar-refractivity contribution in [2.45, 2.75) is 26.5 Å². The number of carbonyl (C=O) groups excluding carboxylic acids is 2. The Hall–Kier alpha value is -1.60. The number of rotatable bonds is 4. The number of carbonyl (C=O) groups is 2. The highest BCUT2D eigenvalue weighted by atomic mass is 32.2. The van der Waals surface area contributed by atoms with Gasteiger partial charge in [0.25, 0.3) is 0 Å². The zero-order valence-corrected chi connectivity index (χ0v) is 13.1. The van der Waals surface area contributed by atoms with Gasteiger partial charge in [-0.05, 0) is 18.7 Å². The third-order valence-electron chi connectivity index (χ3n) is 4.57. The monoisotopic (exact) mass is 333 g/mol. The first kappa shape index (κ1) is 14.0. The van der Waals surface area contributed by atoms with Crippen molar-refractivity contribution in [3.05, 3.63) is 58.2 Å². The van der Waals surface area contributed by atoms with Gasteiger partial charge in [-0.25, -0.2) is 0 Å². The largest absolute Gasteiger partial charge is 0.308 e. The highest BCUT2D eigenvalue weighted by Crippen LogP contribution is 2.81. The van der Waals surface area contributed by atoms with Gasteiger partial charge in [0.15, 0.2) is 16.3 Å². The van der Waals surface area contributed by atoms with Crippen molar-refractivity contribution in [2.24, 2.45) is 0 Å². The van der Waals surface area contributed by atoms with Crippen molar-refractivity contribution >= 4 is 35.1 Å². The number of ketones is 2. The molecule has 3 aliphatic rings. The van der Waals surface area contributed by atoms with Crippen LogP contribution in [0.4, 0.5) is 0 Å². The lowest BCUT2D eigenvalue weighted by atomic mass is 9.79. The van der Waals surface area contributed by atoms with Gasteiger partial charge in [-0.15, -0.1) is 11.8 Å². The van der Waals surface area contributed by atoms with E-state index in [0.29, 0.717) is 5.56 Å². The molecule has 0 spiro atoms. The van der Waals surface area contributed by atoms with Crippen LogP contribution in [-0.4, -0.2) is 36.1 Å². The lowest BCUT2D eigenvalue weighted by Gasteiger charge is -2.19. The van der Waals surface area contributed by atoms with E-state index in [1.54, 1.807) is 42.5 Å². The van der Waals surface area contributed by atoms with Crippen LogP contribution in [0, 0.1) is 10.1 Å². The van der Waals surface area contributed by atoms with Crippen molar-refractivity contribution in [3.63, 3.8) is 0 Å². The lowest BCUT2D eigenvalue weighted by molar-refractivity contribution is -0.526. The molecule has 0 amide bonds. The second-order valence-electron chi connectivity index (χ2n) is 5.67. The molecule has 112 valence electrons. The predicted molar refractivity (Wildman–Crippen MR) is 84.8 cm³/mol. The number of nitrogens with zero attached hydrogens (tertiary/aromatic N) is 1. The molecule has 0 bridgehead atoms. The molecule has 7 heteroatoms. The maximum Gasteiger partial charge on any atom is 0.308 e. The maximum atomic E-state index is 12.8. The highest BCUT2D eigenvalue weighted by Gasteiger charge is 2.94. The molecule has 0 radical (unpaired) electrons. The van der Waals surface area contributed by atoms with E-state index in [0.717, 1.165) is 11.8 Å². The van der Waals surface area contributed by atoms with Crippen LogP contribution in [0.5, 0.6) is 0 Å². The summed E-state index contributed by atoms with van der Waals surface area (Å²) in [6.45, 7) is 1.45. The van der Waals surface area contributed by atoms with Gasteiger partial charge in [0.05, 0.1) is 0 Å². The SMILES string of the molecule is CC(=O)C12C=CC3(C(=O)c4ccccc4)SC3([N+](=O)[O-])C1S2. The van der Waals surface area contributed by atoms with E-state index in [9.17, 15) is 19.7 Å². The molecule has 1 aliphatic carbocycles. The quantitative estimate of drug-likeness (QED) is 0.277. The Labute approximate surface area is 134 Å². The number of Topliss-reactive ketones (excluding diaryl/α,β-unsaturated/α-hetero) is 2. The first-order valence-electron chi connectivity index (χ1n) is 6.74. The molecule has 22 heavy (non-hydrogen) atoms. The third-order valence-corrected chi connectivity index (χ3v) is 8.23. The molecular formula is C15H11NO4S2. The van der Waals surface area contributed by atoms with Gasteiger partial charge in [0.1, 0.15) is 10.00 Å². The molecular weight excluding hydrogens is 322 g/mol. The molecule has 4 atom stereocenters. The number of hydrogen-bond acceptors (Lipinski definition) is 6. The van der Waals surface area contributed by atoms with E-state index in [-0.39, 0.29) is 16.5 Å². The summed E-state index contributed by atoms with van der Waals surface area (Å²) < 4.78 is -1.98. The number of nitro groups is 1. The summed E-state index contributed by atoms with van der Waals surface area (Å²) in [5, 5.41) is 11.3. The van der Waals surface area contributed by atoms with Gasteiger partial charge in [-0.1, -0.05) is 42.5 Å². The van der Waals surface area contributed by atoms with Gasteiger partial charge in [0.2, 0.25) is 0 Å². The summed E-state index contributed by atoms with van der Waals surface area (Å²) in [4.78, 5) is 34.6. The van der Waals surface area contributed by atoms with Crippen LogP contribution in [0.15, 0.2) is 42.5 Å². The Morgan fingerprint density at radius 3 is 2.50 bits per heavy atom. The Bertz CT molecular complexity index is 764. The minimum absolute atomic E-state index is 0.0896. The standard InChI is InChI=1S/C15H11NO4S2/c1-9(17)13-7-8-14(11(18)10-5-3-2-4-6-10)15(22-14,16(19)20)12(13)21-13/h2-8,12H,1H3. The van der Waals surface area contributed by atoms with Crippen LogP contribution in [0.1, 0.15) is 17.3 Å². The normalized spacial score (nSPS) is 40.3. The molecule has 2 aliphatic heterocycles. The van der Waals surface area contributed by atoms with E-state index in [4.69, 9.17) is 0 Å². The number of benzene rings is 1. The Balaban J connectivity index is 1.81. The second-order valence-corrected chi connectivity index (χ2v) is 8.52. The number of fused-ring (bicyclic) bond motifs is 3. The molecule has 1 aromatic carbocycles. The van der Waals surface area contributed by atoms with Crippen LogP contribution >= 0.6 is 23.5 Å². The van der Waals surface area contributed by atoms with Gasteiger partial charge in [0, 0.05) is 10.5 Å². The number of thioether (sulfide) groups is 2. The fraction of sp³-hybridized carbons (Fsp3) is 0.333. The summed E-state index contributed by atoms with van der Waals surface area (Å²) in [5.74, 6) is -0.344. The summed E-state index contributed by atoms with van der Waals surface area (Å²) in [6, 6.07) is 8.61. The van der Waals surface area contributed by atoms with E-state index >= 15 is 0 Å². The first-order chi connectivity index (χ1) is 10.4. The second kappa shape index (κ2) is 4.02. The van der Waals surface area contributed by atoms with Gasteiger partial charge in [-0.3, -0.25) is 19.7 Å². The van der Waals surface area contributed by atoms with Crippen molar-refractivity contribution in [2.75, 3.05) is 0 Å². The van der Waals surface area contributed by atoms with Crippen molar-refractivity contribution in [3.8, 4) is 0 Å². The van der Waals surface area contributed by atoms with Crippen LogP contribution in [0.2, 0.25) is 0 Å². The maximum absolute atomic E-state index is 12.8. The third kappa shape index (κ3) is 1.39. The smallest absolute Gasteiger partial charge is 0.298 e. The molecule has 5 nitrogen and oxygen atoms in total. The van der Waals surface area contributed by atoms with E-state index in [1.165, 1.54) is 18.7 Å². The van der Waals surface area contributed by atoms with E-state index < -0.39 is 19.6 Å². The Morgan fingerprint density at radius 2 is 1.91 bits per heavy atom. The molecule has 2 heterocycles. The summed E-state index contributed by atoms with van der Waals surface area (Å²) >= 11 is 2.35. The summed E-state index contributed by atoms with van der Waals surface area (Å²) in [5.41, 5.74) is 0.462. The summed E-state index contributed by atoms with van der Waals surface area (Å²) in [7, 11) is 0. The highest BCUT2D eigenvalue weighted by molar-refractivity contribution is 8.15. The lowest BCUT2D eigenvalue weighted by Crippen LogP contribution is -2.48. The minimum Gasteiger partial charge on any atom is -0.298 e. The Kier molecular flexibility index (Phi) is 2.56. The van der Waals surface area contributed by atoms with Crippen LogP contribution in [0.25, 0.3) is 0 Å². The summed E-state index contributed by atoms with van der Waals surface area (Å²) in [6.07, 6.45) is 3.29. The molecule has 2 saturated heterocycles.